The maximum atomic E-state index is 11.9. The highest BCUT2D eigenvalue weighted by Crippen LogP contribution is 2.45. The quantitative estimate of drug-likeness (QED) is 0.141. The molecule has 0 aliphatic carbocycles. The number of carbonyl (C=O) groups is 1. The first kappa shape index (κ1) is 45.4. The van der Waals surface area contributed by atoms with E-state index in [9.17, 15) is 25.0 Å². The summed E-state index contributed by atoms with van der Waals surface area (Å²) in [6.45, 7) is 31.3. The van der Waals surface area contributed by atoms with Crippen molar-refractivity contribution in [2.75, 3.05) is 99.0 Å². The summed E-state index contributed by atoms with van der Waals surface area (Å²) in [6.07, 6.45) is -0.253. The zero-order valence-electron chi connectivity index (χ0n) is 37.7. The number of nitro groups is 2. The minimum Gasteiger partial charge on any atom is -0.444 e. The fourth-order valence-corrected chi connectivity index (χ4v) is 9.27. The third-order valence-electron chi connectivity index (χ3n) is 12.6. The van der Waals surface area contributed by atoms with Crippen molar-refractivity contribution in [2.45, 2.75) is 80.0 Å². The first-order valence-corrected chi connectivity index (χ1v) is 21.8. The van der Waals surface area contributed by atoms with E-state index < -0.39 is 10.5 Å². The molecule has 6 heterocycles. The lowest BCUT2D eigenvalue weighted by Gasteiger charge is -2.62. The monoisotopic (exact) mass is 842 g/mol. The van der Waals surface area contributed by atoms with Crippen LogP contribution in [0.1, 0.15) is 62.3 Å². The largest absolute Gasteiger partial charge is 0.444 e. The number of likely N-dealkylation sites (tertiary alicyclic amines) is 3. The van der Waals surface area contributed by atoms with Crippen LogP contribution < -0.4 is 20.4 Å². The van der Waals surface area contributed by atoms with Gasteiger partial charge in [0.25, 0.3) is 11.4 Å². The van der Waals surface area contributed by atoms with Crippen LogP contribution in [0.2, 0.25) is 0 Å². The van der Waals surface area contributed by atoms with Gasteiger partial charge in [0, 0.05) is 154 Å². The first-order chi connectivity index (χ1) is 28.7. The van der Waals surface area contributed by atoms with Crippen molar-refractivity contribution in [1.82, 2.24) is 14.7 Å². The topological polar surface area (TPSA) is 158 Å². The normalized spacial score (nSPS) is 20.2. The highest BCUT2D eigenvalue weighted by Gasteiger charge is 2.55. The summed E-state index contributed by atoms with van der Waals surface area (Å²) in [5.41, 5.74) is 11.0. The number of benzene rings is 3. The van der Waals surface area contributed by atoms with E-state index in [1.54, 1.807) is 29.2 Å². The Balaban J connectivity index is 0.000000151. The fourth-order valence-electron chi connectivity index (χ4n) is 9.27. The molecule has 0 radical (unpaired) electrons. The number of nitrogen functional groups attached to an aromatic ring is 1. The number of nitrogens with zero attached hydrogens (tertiary/aromatic N) is 8. The molecule has 9 rings (SSSR count). The van der Waals surface area contributed by atoms with Crippen LogP contribution in [0, 0.1) is 36.5 Å². The average Bonchev–Trinajstić information content (AvgIpc) is 3.10. The molecular formula is C46H67N9O6. The number of nitro benzene ring substituents is 2. The molecule has 1 amide bonds. The van der Waals surface area contributed by atoms with Crippen molar-refractivity contribution in [3.8, 4) is 0 Å². The lowest BCUT2D eigenvalue weighted by Crippen LogP contribution is -2.73. The molecule has 332 valence electrons. The Labute approximate surface area is 361 Å². The van der Waals surface area contributed by atoms with Gasteiger partial charge in [-0.3, -0.25) is 30.0 Å². The van der Waals surface area contributed by atoms with Gasteiger partial charge in [0.05, 0.1) is 9.85 Å². The van der Waals surface area contributed by atoms with E-state index in [4.69, 9.17) is 10.5 Å². The van der Waals surface area contributed by atoms with E-state index in [1.807, 2.05) is 58.9 Å². The van der Waals surface area contributed by atoms with Crippen molar-refractivity contribution < 1.29 is 19.4 Å². The molecule has 0 unspecified atom stereocenters. The van der Waals surface area contributed by atoms with Crippen LogP contribution in [0.4, 0.5) is 38.9 Å². The number of nitrogens with two attached hydrogens (primary N) is 1. The summed E-state index contributed by atoms with van der Waals surface area (Å²) < 4.78 is 5.36. The van der Waals surface area contributed by atoms with Gasteiger partial charge in [-0.05, 0) is 97.0 Å². The Bertz CT molecular complexity index is 1960. The number of ether oxygens (including phenoxy) is 1. The van der Waals surface area contributed by atoms with Crippen LogP contribution in [-0.2, 0) is 4.74 Å². The van der Waals surface area contributed by atoms with Crippen LogP contribution >= 0.6 is 0 Å². The van der Waals surface area contributed by atoms with E-state index in [-0.39, 0.29) is 27.8 Å². The minimum absolute atomic E-state index is 0.101. The Hall–Kier alpha value is -5.15. The van der Waals surface area contributed by atoms with Gasteiger partial charge in [-0.2, -0.15) is 0 Å². The number of amides is 1. The van der Waals surface area contributed by atoms with Crippen molar-refractivity contribution in [3.05, 3.63) is 93.0 Å². The molecule has 2 N–H and O–H groups in total. The summed E-state index contributed by atoms with van der Waals surface area (Å²) in [4.78, 5) is 46.2. The van der Waals surface area contributed by atoms with Crippen LogP contribution in [0.3, 0.4) is 0 Å². The number of carbonyl (C=O) groups excluding carboxylic acids is 1. The summed E-state index contributed by atoms with van der Waals surface area (Å²) in [5, 5.41) is 21.3. The van der Waals surface area contributed by atoms with Crippen LogP contribution in [0.25, 0.3) is 0 Å². The van der Waals surface area contributed by atoms with E-state index >= 15 is 0 Å². The van der Waals surface area contributed by atoms with E-state index in [1.165, 1.54) is 57.1 Å². The second-order valence-corrected chi connectivity index (χ2v) is 19.5. The van der Waals surface area contributed by atoms with Crippen molar-refractivity contribution in [1.29, 1.82) is 0 Å². The second kappa shape index (κ2) is 17.7. The van der Waals surface area contributed by atoms with E-state index in [0.29, 0.717) is 36.0 Å². The number of hydrogen-bond donors (Lipinski definition) is 1. The molecule has 6 fully saturated rings. The standard InChI is InChI=1S/C16H21N3O4.C14H19N3O2.C14H21N3.C2H6/c1-15(2,3)23-14(20)18-10-16(11-18)8-17(9-16)12-4-6-13(7-5-12)19(21)22;1-11(2)15-7-14(8-15)9-16(10-14)12-3-5-13(6-4-12)17(18)19;1-11(2)16-7-14(8-16)9-17(10-14)13-5-3-12(15)4-6-13;1-2/h4-7H,8-11H2,1-3H3;3-6,11H,7-10H2,1-2H3;3-6,11H,7-10,15H2,1-2H3;1-2H3. The molecule has 6 saturated heterocycles. The molecular weight excluding hydrogens is 775 g/mol. The average molecular weight is 842 g/mol. The summed E-state index contributed by atoms with van der Waals surface area (Å²) in [5.74, 6) is 0. The highest BCUT2D eigenvalue weighted by molar-refractivity contribution is 5.70. The Morgan fingerprint density at radius 2 is 0.869 bits per heavy atom. The number of non-ortho nitro benzene ring substituents is 2. The van der Waals surface area contributed by atoms with E-state index in [0.717, 1.165) is 43.2 Å². The number of anilines is 4. The maximum Gasteiger partial charge on any atom is 0.410 e. The molecule has 15 nitrogen and oxygen atoms in total. The molecule has 3 aromatic rings. The molecule has 6 aliphatic rings. The van der Waals surface area contributed by atoms with Gasteiger partial charge in [0.2, 0.25) is 0 Å². The summed E-state index contributed by atoms with van der Waals surface area (Å²) in [6, 6.07) is 23.0. The van der Waals surface area contributed by atoms with Crippen molar-refractivity contribution in [3.63, 3.8) is 0 Å². The molecule has 0 atom stereocenters. The van der Waals surface area contributed by atoms with Crippen LogP contribution in [0.15, 0.2) is 72.8 Å². The van der Waals surface area contributed by atoms with Gasteiger partial charge >= 0.3 is 6.09 Å². The lowest BCUT2D eigenvalue weighted by atomic mass is 9.72. The van der Waals surface area contributed by atoms with Crippen LogP contribution in [0.5, 0.6) is 0 Å². The van der Waals surface area contributed by atoms with E-state index in [2.05, 4.69) is 64.3 Å². The van der Waals surface area contributed by atoms with Gasteiger partial charge in [0.15, 0.2) is 0 Å². The SMILES string of the molecule is CC.CC(C)(C)OC(=O)N1CC2(C1)CN(c1ccc([N+](=O)[O-])cc1)C2.CC(C)N1CC2(CN(c3ccc(N)cc3)C2)C1.CC(C)N1CC2(CN(c3ccc([N+](=O)[O-])cc3)C2)C1. The highest BCUT2D eigenvalue weighted by atomic mass is 16.6. The van der Waals surface area contributed by atoms with Gasteiger partial charge in [-0.1, -0.05) is 13.8 Å². The second-order valence-electron chi connectivity index (χ2n) is 19.5. The molecule has 0 saturated carbocycles. The molecule has 6 aliphatic heterocycles. The smallest absolute Gasteiger partial charge is 0.410 e. The number of rotatable bonds is 7. The third-order valence-corrected chi connectivity index (χ3v) is 12.6. The molecule has 61 heavy (non-hydrogen) atoms. The zero-order valence-corrected chi connectivity index (χ0v) is 37.7. The molecule has 15 heteroatoms. The lowest BCUT2D eigenvalue weighted by molar-refractivity contribution is -0.385. The third kappa shape index (κ3) is 10.3. The Kier molecular flexibility index (Phi) is 13.2. The van der Waals surface area contributed by atoms with Crippen molar-refractivity contribution >= 4 is 40.2 Å². The minimum atomic E-state index is -0.468. The predicted octanol–water partition coefficient (Wildman–Crippen LogP) is 7.60. The Morgan fingerprint density at radius 3 is 1.15 bits per heavy atom. The van der Waals surface area contributed by atoms with Gasteiger partial charge in [-0.25, -0.2) is 4.79 Å². The zero-order chi connectivity index (χ0) is 44.5. The summed E-state index contributed by atoms with van der Waals surface area (Å²) >= 11 is 0. The predicted molar refractivity (Wildman–Crippen MR) is 244 cm³/mol. The molecule has 0 aromatic heterocycles. The van der Waals surface area contributed by atoms with Gasteiger partial charge in [-0.15, -0.1) is 0 Å². The maximum absolute atomic E-state index is 11.9. The van der Waals surface area contributed by atoms with Crippen molar-refractivity contribution in [2.24, 2.45) is 16.2 Å². The fraction of sp³-hybridized carbons (Fsp3) is 0.587. The number of hydrogen-bond acceptors (Lipinski definition) is 12. The van der Waals surface area contributed by atoms with Gasteiger partial charge in [0.1, 0.15) is 5.60 Å². The summed E-state index contributed by atoms with van der Waals surface area (Å²) in [7, 11) is 0. The first-order valence-electron chi connectivity index (χ1n) is 21.8. The molecule has 3 aromatic carbocycles. The molecule has 3 spiro atoms. The van der Waals surface area contributed by atoms with Gasteiger partial charge < -0.3 is 30.1 Å². The Morgan fingerprint density at radius 1 is 0.574 bits per heavy atom. The molecule has 0 bridgehead atoms. The van der Waals surface area contributed by atoms with Crippen LogP contribution in [-0.4, -0.2) is 127 Å².